The molecule has 0 bridgehead atoms. The molecule has 4 rings (SSSR count). The van der Waals surface area contributed by atoms with Crippen LogP contribution >= 0.6 is 11.6 Å². The zero-order valence-electron chi connectivity index (χ0n) is 12.6. The molecule has 2 aromatic carbocycles. The summed E-state index contributed by atoms with van der Waals surface area (Å²) in [6.45, 7) is 0. The molecule has 0 atom stereocenters. The molecule has 1 amide bonds. The molecule has 1 N–H and O–H groups in total. The lowest BCUT2D eigenvalue weighted by Crippen LogP contribution is -2.15. The fourth-order valence-electron chi connectivity index (χ4n) is 2.97. The van der Waals surface area contributed by atoms with E-state index in [4.69, 9.17) is 16.1 Å². The van der Waals surface area contributed by atoms with Gasteiger partial charge in [0, 0.05) is 17.4 Å². The first-order chi connectivity index (χ1) is 11.6. The molecule has 5 nitrogen and oxygen atoms in total. The number of fused-ring (bicyclic) bond motifs is 2. The number of carbonyl (C=O) groups is 2. The second-order valence-electron chi connectivity index (χ2n) is 5.76. The quantitative estimate of drug-likeness (QED) is 0.787. The van der Waals surface area contributed by atoms with Gasteiger partial charge in [-0.1, -0.05) is 28.9 Å². The summed E-state index contributed by atoms with van der Waals surface area (Å²) < 4.78 is 5.20. The van der Waals surface area contributed by atoms with Crippen molar-refractivity contribution >= 4 is 39.9 Å². The van der Waals surface area contributed by atoms with Gasteiger partial charge in [0.1, 0.15) is 5.69 Å². The zero-order valence-corrected chi connectivity index (χ0v) is 13.4. The molecule has 0 fully saturated rings. The number of nitrogens with one attached hydrogen (secondary N) is 1. The van der Waals surface area contributed by atoms with Crippen LogP contribution in [0.2, 0.25) is 5.02 Å². The third kappa shape index (κ3) is 2.57. The Kier molecular flexibility index (Phi) is 3.58. The van der Waals surface area contributed by atoms with Crippen LogP contribution in [0.4, 0.5) is 5.69 Å². The smallest absolute Gasteiger partial charge is 0.230 e. The summed E-state index contributed by atoms with van der Waals surface area (Å²) in [6.07, 6.45) is 1.26. The summed E-state index contributed by atoms with van der Waals surface area (Å²) >= 11 is 6.22. The van der Waals surface area contributed by atoms with Gasteiger partial charge in [0.15, 0.2) is 11.4 Å². The number of rotatable bonds is 3. The Morgan fingerprint density at radius 3 is 2.96 bits per heavy atom. The highest BCUT2D eigenvalue weighted by molar-refractivity contribution is 6.34. The van der Waals surface area contributed by atoms with Crippen molar-refractivity contribution in [3.63, 3.8) is 0 Å². The van der Waals surface area contributed by atoms with Gasteiger partial charge in [0.25, 0.3) is 0 Å². The van der Waals surface area contributed by atoms with Gasteiger partial charge in [-0.3, -0.25) is 9.59 Å². The number of carbonyl (C=O) groups excluding carboxylic acids is 2. The topological polar surface area (TPSA) is 72.2 Å². The molecule has 24 heavy (non-hydrogen) atoms. The second-order valence-corrected chi connectivity index (χ2v) is 6.17. The van der Waals surface area contributed by atoms with Gasteiger partial charge in [-0.15, -0.1) is 0 Å². The highest BCUT2D eigenvalue weighted by atomic mass is 35.5. The number of ketones is 1. The number of hydrogen-bond acceptors (Lipinski definition) is 4. The molecule has 0 spiro atoms. The van der Waals surface area contributed by atoms with Crippen LogP contribution in [-0.4, -0.2) is 16.8 Å². The number of nitrogens with zero attached hydrogens (tertiary/aromatic N) is 1. The molecule has 6 heteroatoms. The fraction of sp³-hybridized carbons (Fsp3) is 0.167. The maximum absolute atomic E-state index is 12.3. The maximum atomic E-state index is 12.3. The molecule has 1 heterocycles. The molecule has 0 saturated carbocycles. The molecule has 0 radical (unpaired) electrons. The second kappa shape index (κ2) is 5.76. The van der Waals surface area contributed by atoms with Gasteiger partial charge in [0.2, 0.25) is 5.91 Å². The molecule has 3 aromatic rings. The van der Waals surface area contributed by atoms with Crippen LogP contribution in [0.1, 0.15) is 28.0 Å². The SMILES string of the molecule is O=C(Cc1noc2ccccc12)Nc1cc2c(cc1Cl)CCC2=O. The van der Waals surface area contributed by atoms with E-state index in [-0.39, 0.29) is 18.1 Å². The van der Waals surface area contributed by atoms with Crippen molar-refractivity contribution in [3.05, 3.63) is 58.2 Å². The highest BCUT2D eigenvalue weighted by Gasteiger charge is 2.22. The number of para-hydroxylation sites is 1. The average Bonchev–Trinajstić information content (AvgIpc) is 3.13. The standard InChI is InChI=1S/C18H13ClN2O3/c19-13-7-10-5-6-16(22)12(10)8-15(13)20-18(23)9-14-11-3-1-2-4-17(11)24-21-14/h1-4,7-8H,5-6,9H2,(H,20,23). The van der Waals surface area contributed by atoms with Crippen LogP contribution in [0.5, 0.6) is 0 Å². The third-order valence-electron chi connectivity index (χ3n) is 4.17. The Bertz CT molecular complexity index is 978. The van der Waals surface area contributed by atoms with E-state index in [1.54, 1.807) is 18.2 Å². The van der Waals surface area contributed by atoms with Gasteiger partial charge in [-0.05, 0) is 36.2 Å². The molecule has 0 unspecified atom stereocenters. The zero-order chi connectivity index (χ0) is 16.7. The summed E-state index contributed by atoms with van der Waals surface area (Å²) in [6, 6.07) is 10.8. The van der Waals surface area contributed by atoms with Gasteiger partial charge in [-0.2, -0.15) is 0 Å². The number of benzene rings is 2. The normalized spacial score (nSPS) is 13.3. The van der Waals surface area contributed by atoms with Gasteiger partial charge in [-0.25, -0.2) is 0 Å². The van der Waals surface area contributed by atoms with Crippen molar-refractivity contribution in [3.8, 4) is 0 Å². The molecule has 1 aliphatic rings. The number of anilines is 1. The van der Waals surface area contributed by atoms with E-state index < -0.39 is 0 Å². The fourth-order valence-corrected chi connectivity index (χ4v) is 3.21. The van der Waals surface area contributed by atoms with Crippen molar-refractivity contribution in [2.45, 2.75) is 19.3 Å². The predicted molar refractivity (Wildman–Crippen MR) is 90.4 cm³/mol. The largest absolute Gasteiger partial charge is 0.356 e. The van der Waals surface area contributed by atoms with Crippen LogP contribution in [0, 0.1) is 0 Å². The first kappa shape index (κ1) is 14.9. The lowest BCUT2D eigenvalue weighted by atomic mass is 10.1. The van der Waals surface area contributed by atoms with Crippen LogP contribution in [0.15, 0.2) is 40.9 Å². The van der Waals surface area contributed by atoms with Crippen molar-refractivity contribution < 1.29 is 14.1 Å². The van der Waals surface area contributed by atoms with Crippen molar-refractivity contribution in [2.75, 3.05) is 5.32 Å². The van der Waals surface area contributed by atoms with Gasteiger partial charge < -0.3 is 9.84 Å². The first-order valence-corrected chi connectivity index (χ1v) is 7.98. The number of aryl methyl sites for hydroxylation is 1. The maximum Gasteiger partial charge on any atom is 0.230 e. The number of aromatic nitrogens is 1. The summed E-state index contributed by atoms with van der Waals surface area (Å²) in [7, 11) is 0. The van der Waals surface area contributed by atoms with Crippen LogP contribution < -0.4 is 5.32 Å². The van der Waals surface area contributed by atoms with E-state index in [0.29, 0.717) is 40.4 Å². The monoisotopic (exact) mass is 340 g/mol. The number of Topliss-reactive ketones (excluding diaryl/α,β-unsaturated/α-hetero) is 1. The van der Waals surface area contributed by atoms with Crippen molar-refractivity contribution in [2.24, 2.45) is 0 Å². The minimum atomic E-state index is -0.263. The molecular formula is C18H13ClN2O3. The molecule has 1 aromatic heterocycles. The molecule has 0 aliphatic heterocycles. The lowest BCUT2D eigenvalue weighted by Gasteiger charge is -2.09. The van der Waals surface area contributed by atoms with Crippen molar-refractivity contribution in [1.29, 1.82) is 0 Å². The van der Waals surface area contributed by atoms with Crippen LogP contribution in [-0.2, 0) is 17.6 Å². The summed E-state index contributed by atoms with van der Waals surface area (Å²) in [5.74, 6) is -0.180. The average molecular weight is 341 g/mol. The first-order valence-electron chi connectivity index (χ1n) is 7.60. The minimum Gasteiger partial charge on any atom is -0.356 e. The van der Waals surface area contributed by atoms with E-state index in [0.717, 1.165) is 10.9 Å². The number of hydrogen-bond donors (Lipinski definition) is 1. The molecule has 1 aliphatic carbocycles. The Morgan fingerprint density at radius 2 is 2.08 bits per heavy atom. The Balaban J connectivity index is 1.56. The Morgan fingerprint density at radius 1 is 1.25 bits per heavy atom. The van der Waals surface area contributed by atoms with E-state index in [2.05, 4.69) is 10.5 Å². The third-order valence-corrected chi connectivity index (χ3v) is 4.48. The van der Waals surface area contributed by atoms with Crippen LogP contribution in [0.25, 0.3) is 11.0 Å². The molecular weight excluding hydrogens is 328 g/mol. The van der Waals surface area contributed by atoms with Crippen molar-refractivity contribution in [1.82, 2.24) is 5.16 Å². The van der Waals surface area contributed by atoms with E-state index in [1.807, 2.05) is 18.2 Å². The van der Waals surface area contributed by atoms with Gasteiger partial charge >= 0.3 is 0 Å². The highest BCUT2D eigenvalue weighted by Crippen LogP contribution is 2.31. The summed E-state index contributed by atoms with van der Waals surface area (Å²) in [4.78, 5) is 24.2. The van der Waals surface area contributed by atoms with Crippen LogP contribution in [0.3, 0.4) is 0 Å². The Labute approximate surface area is 142 Å². The number of halogens is 1. The summed E-state index contributed by atoms with van der Waals surface area (Å²) in [5, 5.41) is 7.95. The van der Waals surface area contributed by atoms with E-state index >= 15 is 0 Å². The molecule has 120 valence electrons. The van der Waals surface area contributed by atoms with E-state index in [1.165, 1.54) is 0 Å². The van der Waals surface area contributed by atoms with E-state index in [9.17, 15) is 9.59 Å². The molecule has 0 saturated heterocycles. The summed E-state index contributed by atoms with van der Waals surface area (Å²) in [5.41, 5.74) is 3.23. The minimum absolute atomic E-state index is 0.0678. The predicted octanol–water partition coefficient (Wildman–Crippen LogP) is 3.79. The van der Waals surface area contributed by atoms with Gasteiger partial charge in [0.05, 0.1) is 17.1 Å². The number of amides is 1. The lowest BCUT2D eigenvalue weighted by molar-refractivity contribution is -0.115. The Hall–Kier alpha value is -2.66.